The quantitative estimate of drug-likeness (QED) is 0.832. The van der Waals surface area contributed by atoms with Gasteiger partial charge in [-0.05, 0) is 19.4 Å². The van der Waals surface area contributed by atoms with E-state index >= 15 is 0 Å². The first-order chi connectivity index (χ1) is 7.91. The smallest absolute Gasteiger partial charge is 0.303 e. The highest BCUT2D eigenvalue weighted by molar-refractivity contribution is 5.91. The summed E-state index contributed by atoms with van der Waals surface area (Å²) in [7, 11) is 3.32. The molecule has 1 aromatic rings. The van der Waals surface area contributed by atoms with Gasteiger partial charge in [-0.3, -0.25) is 14.3 Å². The van der Waals surface area contributed by atoms with Gasteiger partial charge < -0.3 is 10.0 Å². The summed E-state index contributed by atoms with van der Waals surface area (Å²) in [5.41, 5.74) is 0.372. The van der Waals surface area contributed by atoms with Gasteiger partial charge in [-0.1, -0.05) is 0 Å². The fraction of sp³-hybridized carbons (Fsp3) is 0.545. The van der Waals surface area contributed by atoms with Crippen LogP contribution < -0.4 is 0 Å². The van der Waals surface area contributed by atoms with Crippen molar-refractivity contribution >= 4 is 11.9 Å². The Kier molecular flexibility index (Phi) is 4.25. The number of rotatable bonds is 5. The van der Waals surface area contributed by atoms with Crippen LogP contribution in [0.15, 0.2) is 12.3 Å². The summed E-state index contributed by atoms with van der Waals surface area (Å²) in [6, 6.07) is 1.61. The van der Waals surface area contributed by atoms with E-state index in [-0.39, 0.29) is 18.4 Å². The number of carbonyl (C=O) groups excluding carboxylic acids is 1. The Bertz CT molecular complexity index is 412. The van der Waals surface area contributed by atoms with E-state index in [4.69, 9.17) is 5.11 Å². The molecule has 1 N–H and O–H groups in total. The van der Waals surface area contributed by atoms with Gasteiger partial charge in [-0.15, -0.1) is 0 Å². The largest absolute Gasteiger partial charge is 0.481 e. The molecular formula is C11H17N3O3. The number of aromatic nitrogens is 2. The van der Waals surface area contributed by atoms with E-state index in [1.54, 1.807) is 31.0 Å². The van der Waals surface area contributed by atoms with Crippen molar-refractivity contribution in [3.05, 3.63) is 18.0 Å². The van der Waals surface area contributed by atoms with Crippen LogP contribution in [0.2, 0.25) is 0 Å². The molecule has 1 rings (SSSR count). The highest BCUT2D eigenvalue weighted by atomic mass is 16.4. The average Bonchev–Trinajstić information content (AvgIpc) is 2.73. The van der Waals surface area contributed by atoms with E-state index in [1.807, 2.05) is 6.92 Å². The van der Waals surface area contributed by atoms with E-state index < -0.39 is 5.97 Å². The summed E-state index contributed by atoms with van der Waals surface area (Å²) >= 11 is 0. The van der Waals surface area contributed by atoms with Crippen LogP contribution >= 0.6 is 0 Å². The number of hydrogen-bond acceptors (Lipinski definition) is 3. The molecule has 1 aromatic heterocycles. The zero-order chi connectivity index (χ0) is 13.0. The zero-order valence-electron chi connectivity index (χ0n) is 10.3. The molecule has 0 spiro atoms. The van der Waals surface area contributed by atoms with E-state index in [1.165, 1.54) is 4.90 Å². The molecule has 0 aromatic carbocycles. The van der Waals surface area contributed by atoms with Gasteiger partial charge in [0.05, 0.1) is 0 Å². The Hall–Kier alpha value is -1.85. The molecule has 94 valence electrons. The summed E-state index contributed by atoms with van der Waals surface area (Å²) in [6.07, 6.45) is 2.29. The molecule has 1 atom stereocenters. The Balaban J connectivity index is 2.67. The number of carboxylic acid groups (broad SMARTS) is 1. The third-order valence-corrected chi connectivity index (χ3v) is 2.46. The van der Waals surface area contributed by atoms with Gasteiger partial charge in [0.15, 0.2) is 0 Å². The second-order valence-electron chi connectivity index (χ2n) is 4.16. The standard InChI is InChI=1S/C11H17N3O3/c1-8(4-5-10(15)16)14-7-6-9(12-14)11(17)13(2)3/h6-8H,4-5H2,1-3H3,(H,15,16). The highest BCUT2D eigenvalue weighted by Crippen LogP contribution is 2.12. The fourth-order valence-corrected chi connectivity index (χ4v) is 1.39. The molecule has 17 heavy (non-hydrogen) atoms. The van der Waals surface area contributed by atoms with Crippen LogP contribution in [0, 0.1) is 0 Å². The summed E-state index contributed by atoms with van der Waals surface area (Å²) in [4.78, 5) is 23.5. The van der Waals surface area contributed by atoms with Gasteiger partial charge in [0.2, 0.25) is 0 Å². The molecule has 0 saturated heterocycles. The third-order valence-electron chi connectivity index (χ3n) is 2.46. The van der Waals surface area contributed by atoms with E-state index in [0.29, 0.717) is 12.1 Å². The van der Waals surface area contributed by atoms with Crippen LogP contribution in [0.25, 0.3) is 0 Å². The first-order valence-electron chi connectivity index (χ1n) is 5.40. The van der Waals surface area contributed by atoms with Gasteiger partial charge in [0.1, 0.15) is 5.69 Å². The lowest BCUT2D eigenvalue weighted by atomic mass is 10.2. The number of hydrogen-bond donors (Lipinski definition) is 1. The van der Waals surface area contributed by atoms with Crippen molar-refractivity contribution in [3.8, 4) is 0 Å². The summed E-state index contributed by atoms with van der Waals surface area (Å²) in [6.45, 7) is 1.87. The summed E-state index contributed by atoms with van der Waals surface area (Å²) in [5, 5.41) is 12.7. The van der Waals surface area contributed by atoms with Crippen molar-refractivity contribution in [2.24, 2.45) is 0 Å². The molecule has 0 saturated carbocycles. The second kappa shape index (κ2) is 5.47. The SMILES string of the molecule is CC(CCC(=O)O)n1ccc(C(=O)N(C)C)n1. The molecule has 1 unspecified atom stereocenters. The molecule has 0 bridgehead atoms. The minimum Gasteiger partial charge on any atom is -0.481 e. The van der Waals surface area contributed by atoms with Crippen LogP contribution in [0.5, 0.6) is 0 Å². The molecular weight excluding hydrogens is 222 g/mol. The Morgan fingerprint density at radius 1 is 1.53 bits per heavy atom. The highest BCUT2D eigenvalue weighted by Gasteiger charge is 2.14. The molecule has 0 aliphatic heterocycles. The van der Waals surface area contributed by atoms with E-state index in [2.05, 4.69) is 5.10 Å². The predicted octanol–water partition coefficient (Wildman–Crippen LogP) is 1.01. The summed E-state index contributed by atoms with van der Waals surface area (Å²) < 4.78 is 1.62. The van der Waals surface area contributed by atoms with Crippen LogP contribution in [-0.4, -0.2) is 45.8 Å². The summed E-state index contributed by atoms with van der Waals surface area (Å²) in [5.74, 6) is -0.984. The molecule has 6 nitrogen and oxygen atoms in total. The van der Waals surface area contributed by atoms with Crippen molar-refractivity contribution in [1.82, 2.24) is 14.7 Å². The zero-order valence-corrected chi connectivity index (χ0v) is 10.3. The van der Waals surface area contributed by atoms with Gasteiger partial charge in [-0.2, -0.15) is 5.10 Å². The maximum absolute atomic E-state index is 11.6. The lowest BCUT2D eigenvalue weighted by Crippen LogP contribution is -2.22. The molecule has 1 amide bonds. The molecule has 0 aliphatic rings. The third kappa shape index (κ3) is 3.58. The van der Waals surface area contributed by atoms with Crippen molar-refractivity contribution in [2.45, 2.75) is 25.8 Å². The minimum atomic E-state index is -0.825. The molecule has 0 radical (unpaired) electrons. The van der Waals surface area contributed by atoms with Gasteiger partial charge in [0.25, 0.3) is 5.91 Å². The topological polar surface area (TPSA) is 75.4 Å². The number of carboxylic acids is 1. The average molecular weight is 239 g/mol. The molecule has 0 fully saturated rings. The lowest BCUT2D eigenvalue weighted by Gasteiger charge is -2.11. The van der Waals surface area contributed by atoms with Crippen molar-refractivity contribution in [1.29, 1.82) is 0 Å². The van der Waals surface area contributed by atoms with E-state index in [0.717, 1.165) is 0 Å². The second-order valence-corrected chi connectivity index (χ2v) is 4.16. The number of aliphatic carboxylic acids is 1. The molecule has 0 aliphatic carbocycles. The van der Waals surface area contributed by atoms with Crippen LogP contribution in [0.4, 0.5) is 0 Å². The maximum atomic E-state index is 11.6. The minimum absolute atomic E-state index is 0.0326. The first-order valence-corrected chi connectivity index (χ1v) is 5.40. The molecule has 1 heterocycles. The lowest BCUT2D eigenvalue weighted by molar-refractivity contribution is -0.137. The molecule has 6 heteroatoms. The van der Waals surface area contributed by atoms with Gasteiger partial charge >= 0.3 is 5.97 Å². The van der Waals surface area contributed by atoms with Crippen molar-refractivity contribution in [2.75, 3.05) is 14.1 Å². The number of nitrogens with zero attached hydrogens (tertiary/aromatic N) is 3. The van der Waals surface area contributed by atoms with Crippen molar-refractivity contribution < 1.29 is 14.7 Å². The normalized spacial score (nSPS) is 12.2. The fourth-order valence-electron chi connectivity index (χ4n) is 1.39. The van der Waals surface area contributed by atoms with E-state index in [9.17, 15) is 9.59 Å². The number of amides is 1. The van der Waals surface area contributed by atoms with Gasteiger partial charge in [-0.25, -0.2) is 0 Å². The van der Waals surface area contributed by atoms with Crippen LogP contribution in [0.3, 0.4) is 0 Å². The van der Waals surface area contributed by atoms with Crippen LogP contribution in [-0.2, 0) is 4.79 Å². The Morgan fingerprint density at radius 2 is 2.18 bits per heavy atom. The predicted molar refractivity (Wildman–Crippen MR) is 61.8 cm³/mol. The monoisotopic (exact) mass is 239 g/mol. The number of carbonyl (C=O) groups is 2. The Morgan fingerprint density at radius 3 is 2.71 bits per heavy atom. The van der Waals surface area contributed by atoms with Crippen LogP contribution in [0.1, 0.15) is 36.3 Å². The first kappa shape index (κ1) is 13.2. The van der Waals surface area contributed by atoms with Gasteiger partial charge in [0, 0.05) is 32.8 Å². The Labute approximate surface area is 99.8 Å². The van der Waals surface area contributed by atoms with Crippen molar-refractivity contribution in [3.63, 3.8) is 0 Å². The maximum Gasteiger partial charge on any atom is 0.303 e.